The van der Waals surface area contributed by atoms with Crippen LogP contribution in [0, 0.1) is 0 Å². The minimum absolute atomic E-state index is 0.0697. The Kier molecular flexibility index (Phi) is 12.8. The maximum Gasteiger partial charge on any atom is 0.326 e. The molecule has 214 valence electrons. The van der Waals surface area contributed by atoms with Gasteiger partial charge in [0.1, 0.15) is 23.9 Å². The van der Waals surface area contributed by atoms with Crippen LogP contribution in [0.25, 0.3) is 0 Å². The standard InChI is InChI=1S/C23H32N6O10/c24-13(5-7-17(25)31)20(35)28-15(9-11-1-3-12(30)4-2-11)21(36)29-16(10-19(33)34)22(37)27-14(23(38)39)6-8-18(26)32/h1-4,13-16,30H,5-10,24H2,(H2,25,31)(H2,26,32)(H,27,37)(H,28,35)(H,29,36)(H,33,34)(H,38,39). The highest BCUT2D eigenvalue weighted by molar-refractivity contribution is 5.96. The fourth-order valence-electron chi connectivity index (χ4n) is 3.26. The monoisotopic (exact) mass is 552 g/mol. The first-order valence-electron chi connectivity index (χ1n) is 11.6. The molecule has 0 aliphatic carbocycles. The summed E-state index contributed by atoms with van der Waals surface area (Å²) in [7, 11) is 0. The quantitative estimate of drug-likeness (QED) is 0.0927. The summed E-state index contributed by atoms with van der Waals surface area (Å²) in [6.45, 7) is 0. The van der Waals surface area contributed by atoms with Gasteiger partial charge in [-0.25, -0.2) is 4.79 Å². The van der Waals surface area contributed by atoms with E-state index in [0.717, 1.165) is 0 Å². The number of phenolic OH excluding ortho intramolecular Hbond substituents is 1. The third-order valence-electron chi connectivity index (χ3n) is 5.35. The largest absolute Gasteiger partial charge is 0.508 e. The molecule has 12 N–H and O–H groups in total. The lowest BCUT2D eigenvalue weighted by molar-refractivity contribution is -0.144. The van der Waals surface area contributed by atoms with Crippen LogP contribution in [0.4, 0.5) is 0 Å². The third kappa shape index (κ3) is 12.4. The summed E-state index contributed by atoms with van der Waals surface area (Å²) in [6.07, 6.45) is -2.22. The molecule has 0 aliphatic rings. The van der Waals surface area contributed by atoms with E-state index >= 15 is 0 Å². The molecule has 16 heteroatoms. The molecule has 0 aliphatic heterocycles. The van der Waals surface area contributed by atoms with Gasteiger partial charge in [-0.1, -0.05) is 12.1 Å². The van der Waals surface area contributed by atoms with Crippen LogP contribution in [0.3, 0.4) is 0 Å². The van der Waals surface area contributed by atoms with E-state index in [1.807, 2.05) is 0 Å². The Morgan fingerprint density at radius 3 is 1.72 bits per heavy atom. The molecule has 1 rings (SSSR count). The Hall–Kier alpha value is -4.73. The van der Waals surface area contributed by atoms with E-state index in [0.29, 0.717) is 5.56 Å². The van der Waals surface area contributed by atoms with E-state index in [1.54, 1.807) is 0 Å². The minimum atomic E-state index is -1.77. The van der Waals surface area contributed by atoms with Crippen LogP contribution in [0.1, 0.15) is 37.7 Å². The van der Waals surface area contributed by atoms with E-state index in [2.05, 4.69) is 16.0 Å². The molecule has 16 nitrogen and oxygen atoms in total. The SMILES string of the molecule is NC(=O)CCC(N)C(=O)NC(Cc1ccc(O)cc1)C(=O)NC(CC(=O)O)C(=O)NC(CCC(N)=O)C(=O)O. The average Bonchev–Trinajstić information content (AvgIpc) is 2.84. The van der Waals surface area contributed by atoms with Crippen molar-refractivity contribution in [3.63, 3.8) is 0 Å². The fourth-order valence-corrected chi connectivity index (χ4v) is 3.26. The molecule has 0 saturated heterocycles. The molecule has 5 amide bonds. The van der Waals surface area contributed by atoms with Crippen molar-refractivity contribution in [2.75, 3.05) is 0 Å². The number of benzene rings is 1. The van der Waals surface area contributed by atoms with Crippen molar-refractivity contribution in [2.24, 2.45) is 17.2 Å². The molecule has 39 heavy (non-hydrogen) atoms. The second-order valence-corrected chi connectivity index (χ2v) is 8.61. The molecule has 1 aromatic rings. The smallest absolute Gasteiger partial charge is 0.326 e. The lowest BCUT2D eigenvalue weighted by Crippen LogP contribution is -2.58. The van der Waals surface area contributed by atoms with Crippen LogP contribution in [0.2, 0.25) is 0 Å². The van der Waals surface area contributed by atoms with Crippen molar-refractivity contribution in [3.8, 4) is 5.75 Å². The lowest BCUT2D eigenvalue weighted by atomic mass is 10.0. The van der Waals surface area contributed by atoms with Crippen molar-refractivity contribution in [3.05, 3.63) is 29.8 Å². The highest BCUT2D eigenvalue weighted by Crippen LogP contribution is 2.12. The first-order chi connectivity index (χ1) is 18.2. The van der Waals surface area contributed by atoms with Crippen LogP contribution < -0.4 is 33.2 Å². The number of aliphatic carboxylic acids is 2. The predicted octanol–water partition coefficient (Wildman–Crippen LogP) is -3.19. The Balaban J connectivity index is 3.14. The Morgan fingerprint density at radius 2 is 1.21 bits per heavy atom. The van der Waals surface area contributed by atoms with Gasteiger partial charge in [0.05, 0.1) is 12.5 Å². The van der Waals surface area contributed by atoms with E-state index < -0.39 is 72.1 Å². The van der Waals surface area contributed by atoms with Crippen molar-refractivity contribution in [2.45, 2.75) is 62.7 Å². The van der Waals surface area contributed by atoms with Crippen LogP contribution in [-0.4, -0.2) is 81.0 Å². The van der Waals surface area contributed by atoms with Gasteiger partial charge < -0.3 is 48.5 Å². The number of phenols is 1. The van der Waals surface area contributed by atoms with Crippen LogP contribution in [0.15, 0.2) is 24.3 Å². The highest BCUT2D eigenvalue weighted by atomic mass is 16.4. The molecule has 0 bridgehead atoms. The van der Waals surface area contributed by atoms with Crippen molar-refractivity contribution >= 4 is 41.5 Å². The van der Waals surface area contributed by atoms with Gasteiger partial charge in [-0.15, -0.1) is 0 Å². The highest BCUT2D eigenvalue weighted by Gasteiger charge is 2.32. The molecule has 0 heterocycles. The van der Waals surface area contributed by atoms with Gasteiger partial charge in [0.25, 0.3) is 0 Å². The average molecular weight is 553 g/mol. The maximum atomic E-state index is 13.1. The zero-order valence-corrected chi connectivity index (χ0v) is 20.8. The normalized spacial score (nSPS) is 13.7. The molecule has 1 aromatic carbocycles. The minimum Gasteiger partial charge on any atom is -0.508 e. The van der Waals surface area contributed by atoms with E-state index in [4.69, 9.17) is 17.2 Å². The number of carboxylic acids is 2. The number of nitrogens with one attached hydrogen (secondary N) is 3. The summed E-state index contributed by atoms with van der Waals surface area (Å²) in [5.41, 5.74) is 16.3. The second-order valence-electron chi connectivity index (χ2n) is 8.61. The van der Waals surface area contributed by atoms with Crippen molar-refractivity contribution in [1.29, 1.82) is 0 Å². The van der Waals surface area contributed by atoms with Crippen LogP contribution in [0.5, 0.6) is 5.75 Å². The number of amides is 5. The number of aromatic hydroxyl groups is 1. The topological polar surface area (TPSA) is 294 Å². The number of carbonyl (C=O) groups is 7. The third-order valence-corrected chi connectivity index (χ3v) is 5.35. The molecule has 0 spiro atoms. The van der Waals surface area contributed by atoms with E-state index in [9.17, 15) is 48.9 Å². The first kappa shape index (κ1) is 32.3. The predicted molar refractivity (Wildman–Crippen MR) is 132 cm³/mol. The Morgan fingerprint density at radius 1 is 0.718 bits per heavy atom. The molecular weight excluding hydrogens is 520 g/mol. The molecule has 0 fully saturated rings. The van der Waals surface area contributed by atoms with Crippen LogP contribution >= 0.6 is 0 Å². The summed E-state index contributed by atoms with van der Waals surface area (Å²) in [6, 6.07) is -0.461. The number of primary amides is 2. The van der Waals surface area contributed by atoms with Crippen molar-refractivity contribution < 1.29 is 48.9 Å². The number of hydrogen-bond donors (Lipinski definition) is 9. The molecule has 0 radical (unpaired) electrons. The van der Waals surface area contributed by atoms with E-state index in [1.165, 1.54) is 24.3 Å². The fraction of sp³-hybridized carbons (Fsp3) is 0.435. The number of nitrogens with two attached hydrogens (primary N) is 3. The maximum absolute atomic E-state index is 13.1. The molecule has 0 saturated carbocycles. The van der Waals surface area contributed by atoms with Gasteiger partial charge in [0, 0.05) is 19.3 Å². The molecule has 4 unspecified atom stereocenters. The van der Waals surface area contributed by atoms with Gasteiger partial charge in [-0.2, -0.15) is 0 Å². The second kappa shape index (κ2) is 15.5. The molecule has 0 aromatic heterocycles. The summed E-state index contributed by atoms with van der Waals surface area (Å²) >= 11 is 0. The Labute approximate surface area is 222 Å². The van der Waals surface area contributed by atoms with Gasteiger partial charge in [-0.3, -0.25) is 28.8 Å². The zero-order chi connectivity index (χ0) is 29.7. The summed E-state index contributed by atoms with van der Waals surface area (Å²) in [5.74, 6) is -7.65. The van der Waals surface area contributed by atoms with Gasteiger partial charge in [-0.05, 0) is 30.5 Å². The van der Waals surface area contributed by atoms with Crippen LogP contribution in [-0.2, 0) is 40.0 Å². The van der Waals surface area contributed by atoms with E-state index in [-0.39, 0.29) is 37.9 Å². The zero-order valence-electron chi connectivity index (χ0n) is 20.8. The number of rotatable bonds is 17. The molecular formula is C23H32N6O10. The number of carboxylic acid groups (broad SMARTS) is 2. The molecule has 4 atom stereocenters. The Bertz CT molecular complexity index is 1080. The van der Waals surface area contributed by atoms with Gasteiger partial charge >= 0.3 is 11.9 Å². The number of hydrogen-bond acceptors (Lipinski definition) is 9. The summed E-state index contributed by atoms with van der Waals surface area (Å²) in [5, 5.41) is 34.7. The summed E-state index contributed by atoms with van der Waals surface area (Å²) < 4.78 is 0. The van der Waals surface area contributed by atoms with Gasteiger partial charge in [0.15, 0.2) is 0 Å². The first-order valence-corrected chi connectivity index (χ1v) is 11.6. The van der Waals surface area contributed by atoms with Crippen molar-refractivity contribution in [1.82, 2.24) is 16.0 Å². The number of carbonyl (C=O) groups excluding carboxylic acids is 5. The summed E-state index contributed by atoms with van der Waals surface area (Å²) in [4.78, 5) is 83.2. The lowest BCUT2D eigenvalue weighted by Gasteiger charge is -2.24. The van der Waals surface area contributed by atoms with Gasteiger partial charge in [0.2, 0.25) is 29.5 Å².